The van der Waals surface area contributed by atoms with Crippen LogP contribution in [0.25, 0.3) is 0 Å². The molecule has 0 fully saturated rings. The minimum atomic E-state index is 0.466. The highest BCUT2D eigenvalue weighted by atomic mass is 15.3. The third-order valence-corrected chi connectivity index (χ3v) is 4.79. The Balaban J connectivity index is 1.77. The molecule has 0 amide bonds. The van der Waals surface area contributed by atoms with E-state index >= 15 is 0 Å². The molecular weight excluding hydrogens is 348 g/mol. The number of benzene rings is 2. The van der Waals surface area contributed by atoms with E-state index in [0.717, 1.165) is 35.6 Å². The maximum atomic E-state index is 4.55. The first kappa shape index (κ1) is 19.6. The summed E-state index contributed by atoms with van der Waals surface area (Å²) in [6.07, 6.45) is 1.63. The third-order valence-electron chi connectivity index (χ3n) is 4.79. The maximum Gasteiger partial charge on any atom is 0.249 e. The van der Waals surface area contributed by atoms with Crippen LogP contribution < -0.4 is 15.5 Å². The smallest absolute Gasteiger partial charge is 0.249 e. The molecular formula is C22H28N6. The fourth-order valence-corrected chi connectivity index (χ4v) is 3.20. The van der Waals surface area contributed by atoms with Gasteiger partial charge in [-0.2, -0.15) is 10.1 Å². The first-order valence-corrected chi connectivity index (χ1v) is 9.66. The average Bonchev–Trinajstić information content (AvgIpc) is 2.67. The van der Waals surface area contributed by atoms with Crippen LogP contribution in [0.5, 0.6) is 0 Å². The van der Waals surface area contributed by atoms with Gasteiger partial charge in [-0.25, -0.2) is 0 Å². The molecule has 2 N–H and O–H groups in total. The SMILES string of the molecule is CCN(CC)c1ccc(Nc2nncc(Nc3ccc(C)cc3C)n2)c(C)c1. The van der Waals surface area contributed by atoms with Gasteiger partial charge in [0.25, 0.3) is 0 Å². The first-order chi connectivity index (χ1) is 13.5. The number of anilines is 5. The largest absolute Gasteiger partial charge is 0.372 e. The van der Waals surface area contributed by atoms with Crippen LogP contribution in [-0.4, -0.2) is 28.3 Å². The van der Waals surface area contributed by atoms with Crippen molar-refractivity contribution in [3.8, 4) is 0 Å². The molecule has 0 saturated heterocycles. The lowest BCUT2D eigenvalue weighted by molar-refractivity contribution is 0.865. The number of nitrogens with one attached hydrogen (secondary N) is 2. The number of aryl methyl sites for hydroxylation is 3. The molecule has 0 aliphatic heterocycles. The van der Waals surface area contributed by atoms with E-state index in [1.807, 2.05) is 0 Å². The molecule has 28 heavy (non-hydrogen) atoms. The van der Waals surface area contributed by atoms with Crippen molar-refractivity contribution in [3.05, 3.63) is 59.3 Å². The van der Waals surface area contributed by atoms with Crippen LogP contribution in [0.15, 0.2) is 42.6 Å². The molecule has 0 aliphatic carbocycles. The fourth-order valence-electron chi connectivity index (χ4n) is 3.20. The molecule has 0 spiro atoms. The molecule has 0 bridgehead atoms. The van der Waals surface area contributed by atoms with Gasteiger partial charge < -0.3 is 15.5 Å². The van der Waals surface area contributed by atoms with E-state index in [1.165, 1.54) is 11.3 Å². The second-order valence-electron chi connectivity index (χ2n) is 6.91. The standard InChI is InChI=1S/C22H28N6/c1-6-28(7-2)18-9-11-20(17(5)13-18)25-22-26-21(14-23-27-22)24-19-10-8-15(3)12-16(19)4/h8-14H,6-7H2,1-5H3,(H2,24,25,26,27). The summed E-state index contributed by atoms with van der Waals surface area (Å²) in [5, 5.41) is 14.8. The summed E-state index contributed by atoms with van der Waals surface area (Å²) in [7, 11) is 0. The predicted octanol–water partition coefficient (Wildman–Crippen LogP) is 5.13. The molecule has 6 nitrogen and oxygen atoms in total. The van der Waals surface area contributed by atoms with Gasteiger partial charge in [-0.1, -0.05) is 17.7 Å². The predicted molar refractivity (Wildman–Crippen MR) is 117 cm³/mol. The maximum absolute atomic E-state index is 4.55. The number of nitrogens with zero attached hydrogens (tertiary/aromatic N) is 4. The number of aromatic nitrogens is 3. The summed E-state index contributed by atoms with van der Waals surface area (Å²) in [6, 6.07) is 12.6. The summed E-state index contributed by atoms with van der Waals surface area (Å²) < 4.78 is 0. The van der Waals surface area contributed by atoms with E-state index in [0.29, 0.717) is 11.8 Å². The average molecular weight is 377 g/mol. The molecule has 1 aromatic heterocycles. The van der Waals surface area contributed by atoms with E-state index in [1.54, 1.807) is 6.20 Å². The summed E-state index contributed by atoms with van der Waals surface area (Å²) in [5.41, 5.74) is 6.74. The van der Waals surface area contributed by atoms with Crippen LogP contribution in [0.2, 0.25) is 0 Å². The van der Waals surface area contributed by atoms with Crippen molar-refractivity contribution in [2.75, 3.05) is 28.6 Å². The number of hydrogen-bond acceptors (Lipinski definition) is 6. The molecule has 146 valence electrons. The van der Waals surface area contributed by atoms with Crippen molar-refractivity contribution in [2.24, 2.45) is 0 Å². The lowest BCUT2D eigenvalue weighted by atomic mass is 10.1. The van der Waals surface area contributed by atoms with Gasteiger partial charge in [-0.05, 0) is 70.0 Å². The van der Waals surface area contributed by atoms with Crippen LogP contribution in [0.3, 0.4) is 0 Å². The zero-order valence-corrected chi connectivity index (χ0v) is 17.2. The minimum absolute atomic E-state index is 0.466. The highest BCUT2D eigenvalue weighted by Gasteiger charge is 2.08. The van der Waals surface area contributed by atoms with E-state index in [2.05, 4.69) is 102 Å². The van der Waals surface area contributed by atoms with Crippen molar-refractivity contribution >= 4 is 28.8 Å². The molecule has 6 heteroatoms. The second-order valence-corrected chi connectivity index (χ2v) is 6.91. The molecule has 3 rings (SSSR count). The van der Waals surface area contributed by atoms with Gasteiger partial charge in [-0.15, -0.1) is 5.10 Å². The van der Waals surface area contributed by atoms with Gasteiger partial charge in [0.1, 0.15) is 0 Å². The Hall–Kier alpha value is -3.15. The number of rotatable bonds is 7. The molecule has 0 aliphatic rings. The molecule has 1 heterocycles. The van der Waals surface area contributed by atoms with E-state index < -0.39 is 0 Å². The molecule has 0 saturated carbocycles. The van der Waals surface area contributed by atoms with Crippen LogP contribution in [-0.2, 0) is 0 Å². The van der Waals surface area contributed by atoms with E-state index in [-0.39, 0.29) is 0 Å². The second kappa shape index (κ2) is 8.69. The summed E-state index contributed by atoms with van der Waals surface area (Å²) in [6.45, 7) is 12.5. The van der Waals surface area contributed by atoms with Crippen molar-refractivity contribution < 1.29 is 0 Å². The van der Waals surface area contributed by atoms with Crippen LogP contribution in [0.1, 0.15) is 30.5 Å². The van der Waals surface area contributed by atoms with Crippen LogP contribution in [0, 0.1) is 20.8 Å². The Morgan fingerprint density at radius 3 is 2.21 bits per heavy atom. The van der Waals surface area contributed by atoms with Gasteiger partial charge in [0, 0.05) is 30.2 Å². The van der Waals surface area contributed by atoms with E-state index in [9.17, 15) is 0 Å². The monoisotopic (exact) mass is 376 g/mol. The first-order valence-electron chi connectivity index (χ1n) is 9.66. The normalized spacial score (nSPS) is 10.6. The number of hydrogen-bond donors (Lipinski definition) is 2. The zero-order valence-electron chi connectivity index (χ0n) is 17.2. The molecule has 2 aromatic carbocycles. The van der Waals surface area contributed by atoms with Crippen molar-refractivity contribution in [1.29, 1.82) is 0 Å². The van der Waals surface area contributed by atoms with Gasteiger partial charge >= 0.3 is 0 Å². The minimum Gasteiger partial charge on any atom is -0.372 e. The highest BCUT2D eigenvalue weighted by Crippen LogP contribution is 2.25. The van der Waals surface area contributed by atoms with Crippen molar-refractivity contribution in [2.45, 2.75) is 34.6 Å². The Kier molecular flexibility index (Phi) is 6.09. The molecule has 0 unspecified atom stereocenters. The van der Waals surface area contributed by atoms with Gasteiger partial charge in [0.15, 0.2) is 5.82 Å². The summed E-state index contributed by atoms with van der Waals surface area (Å²) in [5.74, 6) is 1.12. The lowest BCUT2D eigenvalue weighted by Gasteiger charge is -2.22. The van der Waals surface area contributed by atoms with E-state index in [4.69, 9.17) is 0 Å². The van der Waals surface area contributed by atoms with Gasteiger partial charge in [0.05, 0.1) is 6.20 Å². The van der Waals surface area contributed by atoms with Crippen molar-refractivity contribution in [1.82, 2.24) is 15.2 Å². The van der Waals surface area contributed by atoms with Crippen LogP contribution in [0.4, 0.5) is 28.8 Å². The fraction of sp³-hybridized carbons (Fsp3) is 0.318. The molecule has 0 atom stereocenters. The van der Waals surface area contributed by atoms with Crippen LogP contribution >= 0.6 is 0 Å². The Morgan fingerprint density at radius 2 is 1.54 bits per heavy atom. The zero-order chi connectivity index (χ0) is 20.1. The molecule has 3 aromatic rings. The van der Waals surface area contributed by atoms with Gasteiger partial charge in [-0.3, -0.25) is 0 Å². The Morgan fingerprint density at radius 1 is 0.857 bits per heavy atom. The summed E-state index contributed by atoms with van der Waals surface area (Å²) >= 11 is 0. The summed E-state index contributed by atoms with van der Waals surface area (Å²) in [4.78, 5) is 6.87. The van der Waals surface area contributed by atoms with Gasteiger partial charge in [0.2, 0.25) is 5.95 Å². The van der Waals surface area contributed by atoms with Crippen molar-refractivity contribution in [3.63, 3.8) is 0 Å². The lowest BCUT2D eigenvalue weighted by Crippen LogP contribution is -2.21. The Labute approximate surface area is 167 Å². The quantitative estimate of drug-likeness (QED) is 0.596. The topological polar surface area (TPSA) is 66.0 Å². The Bertz CT molecular complexity index is 950. The third kappa shape index (κ3) is 4.57. The molecule has 0 radical (unpaired) electrons. The highest BCUT2D eigenvalue weighted by molar-refractivity contribution is 5.65.